The average molecular weight is 506 g/mol. The maximum atomic E-state index is 13.7. The number of alkyl halides is 3. The molecule has 10 heteroatoms. The van der Waals surface area contributed by atoms with Crippen LogP contribution in [0.3, 0.4) is 0 Å². The van der Waals surface area contributed by atoms with E-state index in [4.69, 9.17) is 16.6 Å². The summed E-state index contributed by atoms with van der Waals surface area (Å²) in [7, 11) is 0. The average Bonchev–Trinajstić information content (AvgIpc) is 3.42. The second-order valence-corrected chi connectivity index (χ2v) is 10.1. The summed E-state index contributed by atoms with van der Waals surface area (Å²) in [6.45, 7) is 6.49. The van der Waals surface area contributed by atoms with Crippen molar-refractivity contribution in [3.8, 4) is 0 Å². The minimum atomic E-state index is -4.66. The monoisotopic (exact) mass is 505 g/mol. The Morgan fingerprint density at radius 1 is 1.14 bits per heavy atom. The van der Waals surface area contributed by atoms with Crippen LogP contribution in [-0.4, -0.2) is 45.0 Å². The second kappa shape index (κ2) is 9.00. The number of hydrogen-bond donors (Lipinski definition) is 0. The Morgan fingerprint density at radius 3 is 2.66 bits per heavy atom. The molecule has 0 N–H and O–H groups in total. The first-order valence-corrected chi connectivity index (χ1v) is 12.3. The Balaban J connectivity index is 1.50. The van der Waals surface area contributed by atoms with Crippen LogP contribution >= 0.6 is 11.6 Å². The van der Waals surface area contributed by atoms with E-state index < -0.39 is 29.3 Å². The van der Waals surface area contributed by atoms with E-state index in [-0.39, 0.29) is 5.02 Å². The van der Waals surface area contributed by atoms with Gasteiger partial charge in [-0.25, -0.2) is 9.50 Å². The summed E-state index contributed by atoms with van der Waals surface area (Å²) in [5.74, 6) is 0.860. The first kappa shape index (κ1) is 23.9. The second-order valence-electron chi connectivity index (χ2n) is 9.66. The number of aryl methyl sites for hydroxylation is 1. The molecular weight excluding hydrogens is 479 g/mol. The van der Waals surface area contributed by atoms with Crippen molar-refractivity contribution in [2.45, 2.75) is 51.7 Å². The third-order valence-electron chi connectivity index (χ3n) is 6.97. The number of halogens is 4. The Bertz CT molecular complexity index is 1270. The highest BCUT2D eigenvalue weighted by atomic mass is 35.5. The highest BCUT2D eigenvalue weighted by Crippen LogP contribution is 2.37. The molecule has 0 unspecified atom stereocenters. The summed E-state index contributed by atoms with van der Waals surface area (Å²) in [6, 6.07) is 4.54. The molecule has 1 amide bonds. The number of carbonyl (C=O) groups excluding carboxylic acids is 1. The molecule has 35 heavy (non-hydrogen) atoms. The van der Waals surface area contributed by atoms with Crippen LogP contribution < -0.4 is 4.90 Å². The fourth-order valence-corrected chi connectivity index (χ4v) is 5.38. The molecule has 4 heterocycles. The molecule has 0 aliphatic carbocycles. The van der Waals surface area contributed by atoms with Gasteiger partial charge in [0.05, 0.1) is 22.9 Å². The lowest BCUT2D eigenvalue weighted by atomic mass is 9.97. The normalized spacial score (nSPS) is 21.2. The van der Waals surface area contributed by atoms with Crippen LogP contribution in [0.5, 0.6) is 0 Å². The molecule has 2 saturated heterocycles. The molecule has 186 valence electrons. The molecule has 2 aromatic heterocycles. The van der Waals surface area contributed by atoms with Crippen LogP contribution in [0.2, 0.25) is 5.02 Å². The number of nitrogens with zero attached hydrogens (tertiary/aromatic N) is 5. The fraction of sp³-hybridized carbons (Fsp3) is 0.480. The Kier molecular flexibility index (Phi) is 6.15. The summed E-state index contributed by atoms with van der Waals surface area (Å²) in [5.41, 5.74) is 0.893. The van der Waals surface area contributed by atoms with Gasteiger partial charge in [-0.15, -0.1) is 0 Å². The summed E-state index contributed by atoms with van der Waals surface area (Å²) in [4.78, 5) is 22.1. The maximum Gasteiger partial charge on any atom is 0.417 e. The van der Waals surface area contributed by atoms with Crippen LogP contribution in [0.4, 0.5) is 19.0 Å². The van der Waals surface area contributed by atoms with E-state index in [0.29, 0.717) is 36.6 Å². The number of carbonyl (C=O) groups is 1. The van der Waals surface area contributed by atoms with Gasteiger partial charge in [0, 0.05) is 42.5 Å². The molecule has 5 rings (SSSR count). The van der Waals surface area contributed by atoms with Crippen molar-refractivity contribution in [1.82, 2.24) is 19.5 Å². The molecule has 2 aliphatic heterocycles. The lowest BCUT2D eigenvalue weighted by Gasteiger charge is -2.35. The van der Waals surface area contributed by atoms with Gasteiger partial charge in [0.25, 0.3) is 5.91 Å². The summed E-state index contributed by atoms with van der Waals surface area (Å²) >= 11 is 5.98. The lowest BCUT2D eigenvalue weighted by Crippen LogP contribution is -2.39. The molecular formula is C25H27ClF3N5O. The lowest BCUT2D eigenvalue weighted by molar-refractivity contribution is -0.138. The summed E-state index contributed by atoms with van der Waals surface area (Å²) in [5, 5.41) is 4.78. The van der Waals surface area contributed by atoms with Gasteiger partial charge in [-0.1, -0.05) is 18.5 Å². The minimum Gasteiger partial charge on any atom is -0.356 e. The zero-order valence-corrected chi connectivity index (χ0v) is 20.4. The number of rotatable bonds is 3. The minimum absolute atomic E-state index is 0.0890. The number of aromatic nitrogens is 3. The maximum absolute atomic E-state index is 13.7. The van der Waals surface area contributed by atoms with Crippen molar-refractivity contribution in [1.29, 1.82) is 0 Å². The van der Waals surface area contributed by atoms with Crippen LogP contribution in [0.25, 0.3) is 5.65 Å². The number of amides is 1. The fourth-order valence-electron chi connectivity index (χ4n) is 5.21. The van der Waals surface area contributed by atoms with E-state index in [9.17, 15) is 18.0 Å². The van der Waals surface area contributed by atoms with Crippen molar-refractivity contribution in [3.05, 3.63) is 57.9 Å². The van der Waals surface area contributed by atoms with Gasteiger partial charge in [0.1, 0.15) is 5.82 Å². The van der Waals surface area contributed by atoms with E-state index >= 15 is 0 Å². The van der Waals surface area contributed by atoms with E-state index in [1.807, 2.05) is 19.2 Å². The first-order valence-electron chi connectivity index (χ1n) is 11.9. The molecule has 2 atom stereocenters. The van der Waals surface area contributed by atoms with Crippen LogP contribution in [-0.2, 0) is 6.18 Å². The van der Waals surface area contributed by atoms with Gasteiger partial charge in [0.15, 0.2) is 5.65 Å². The van der Waals surface area contributed by atoms with E-state index in [1.165, 1.54) is 4.90 Å². The van der Waals surface area contributed by atoms with Gasteiger partial charge in [-0.2, -0.15) is 18.3 Å². The zero-order valence-electron chi connectivity index (χ0n) is 19.6. The van der Waals surface area contributed by atoms with E-state index in [2.05, 4.69) is 16.9 Å². The Hall–Kier alpha value is -2.81. The number of fused-ring (bicyclic) bond motifs is 1. The molecule has 3 aromatic rings. The predicted octanol–water partition coefficient (Wildman–Crippen LogP) is 5.92. The molecule has 0 spiro atoms. The smallest absolute Gasteiger partial charge is 0.356 e. The quantitative estimate of drug-likeness (QED) is 0.443. The Morgan fingerprint density at radius 2 is 1.94 bits per heavy atom. The zero-order chi connectivity index (χ0) is 24.9. The van der Waals surface area contributed by atoms with Crippen LogP contribution in [0.15, 0.2) is 30.5 Å². The molecule has 6 nitrogen and oxygen atoms in total. The first-order chi connectivity index (χ1) is 16.6. The standard InChI is InChI=1S/C25H27ClF3N5O/c1-15-8-10-32(13-15)23-16(2)14-34-22(30-23)12-20(31-34)21-5-3-4-9-33(21)24(35)18-11-17(26)6-7-19(18)25(27,28)29/h6-7,11-12,14-15,21H,3-5,8-10,13H2,1-2H3/t15-,21-/m0/s1. The van der Waals surface area contributed by atoms with E-state index in [1.54, 1.807) is 4.52 Å². The Labute approximate surface area is 206 Å². The van der Waals surface area contributed by atoms with Gasteiger partial charge in [0.2, 0.25) is 0 Å². The van der Waals surface area contributed by atoms with Gasteiger partial charge in [-0.05, 0) is 56.7 Å². The molecule has 0 radical (unpaired) electrons. The third kappa shape index (κ3) is 4.58. The highest BCUT2D eigenvalue weighted by Gasteiger charge is 2.39. The topological polar surface area (TPSA) is 53.7 Å². The van der Waals surface area contributed by atoms with Crippen molar-refractivity contribution < 1.29 is 18.0 Å². The van der Waals surface area contributed by atoms with Gasteiger partial charge >= 0.3 is 6.18 Å². The van der Waals surface area contributed by atoms with Crippen molar-refractivity contribution in [2.75, 3.05) is 24.5 Å². The van der Waals surface area contributed by atoms with Gasteiger partial charge in [-0.3, -0.25) is 4.79 Å². The predicted molar refractivity (Wildman–Crippen MR) is 128 cm³/mol. The summed E-state index contributed by atoms with van der Waals surface area (Å²) in [6.07, 6.45) is 0.582. The van der Waals surface area contributed by atoms with Gasteiger partial charge < -0.3 is 9.80 Å². The third-order valence-corrected chi connectivity index (χ3v) is 7.21. The number of likely N-dealkylation sites (tertiary alicyclic amines) is 1. The molecule has 1 aromatic carbocycles. The van der Waals surface area contributed by atoms with Crippen molar-refractivity contribution >= 4 is 29.0 Å². The molecule has 0 bridgehead atoms. The number of hydrogen-bond acceptors (Lipinski definition) is 4. The van der Waals surface area contributed by atoms with E-state index in [0.717, 1.165) is 55.5 Å². The molecule has 0 saturated carbocycles. The van der Waals surface area contributed by atoms with Crippen molar-refractivity contribution in [3.63, 3.8) is 0 Å². The van der Waals surface area contributed by atoms with Crippen molar-refractivity contribution in [2.24, 2.45) is 5.92 Å². The SMILES string of the molecule is Cc1cn2nc([C@@H]3CCCCN3C(=O)c3cc(Cl)ccc3C(F)(F)F)cc2nc1N1CC[C@H](C)C1. The van der Waals surface area contributed by atoms with Crippen LogP contribution in [0.1, 0.15) is 65.8 Å². The number of piperidine rings is 1. The van der Waals surface area contributed by atoms with Crippen LogP contribution in [0, 0.1) is 12.8 Å². The molecule has 2 aliphatic rings. The molecule has 2 fully saturated rings. The number of anilines is 1. The highest BCUT2D eigenvalue weighted by molar-refractivity contribution is 6.31. The number of benzene rings is 1. The largest absolute Gasteiger partial charge is 0.417 e. The summed E-state index contributed by atoms with van der Waals surface area (Å²) < 4.78 is 42.7.